The Morgan fingerprint density at radius 3 is 2.55 bits per heavy atom. The van der Waals surface area contributed by atoms with Crippen LogP contribution in [0, 0.1) is 6.92 Å². The lowest BCUT2D eigenvalue weighted by Gasteiger charge is -2.26. The van der Waals surface area contributed by atoms with Gasteiger partial charge in [-0.05, 0) is 44.0 Å². The summed E-state index contributed by atoms with van der Waals surface area (Å²) in [6.45, 7) is 5.02. The van der Waals surface area contributed by atoms with Crippen LogP contribution in [0.25, 0.3) is 0 Å². The lowest BCUT2D eigenvalue weighted by atomic mass is 10.1. The van der Waals surface area contributed by atoms with Crippen molar-refractivity contribution in [1.29, 1.82) is 0 Å². The van der Waals surface area contributed by atoms with E-state index in [4.69, 9.17) is 5.14 Å². The fourth-order valence-corrected chi connectivity index (χ4v) is 2.91. The molecule has 1 aromatic rings. The molecule has 5 nitrogen and oxygen atoms in total. The first-order valence-corrected chi connectivity index (χ1v) is 7.92. The van der Waals surface area contributed by atoms with E-state index in [1.165, 1.54) is 23.8 Å². The summed E-state index contributed by atoms with van der Waals surface area (Å²) in [4.78, 5) is 14.2. The standard InChI is InChI=1S/C14H18N2O3S/c1-10-4-3-7-16(9-10)14(17)13-6-5-12(8-11(13)2)20(15,18)19/h4-6,8H,3,7,9H2,1-2H3,(H2,15,18,19). The van der Waals surface area contributed by atoms with Gasteiger partial charge in [-0.25, -0.2) is 13.6 Å². The normalized spacial score (nSPS) is 15.9. The van der Waals surface area contributed by atoms with E-state index in [0.29, 0.717) is 24.2 Å². The molecule has 1 amide bonds. The van der Waals surface area contributed by atoms with Crippen molar-refractivity contribution in [2.45, 2.75) is 25.2 Å². The van der Waals surface area contributed by atoms with Gasteiger partial charge in [0, 0.05) is 18.7 Å². The topological polar surface area (TPSA) is 80.5 Å². The molecule has 0 unspecified atom stereocenters. The maximum atomic E-state index is 12.4. The fourth-order valence-electron chi connectivity index (χ4n) is 2.31. The van der Waals surface area contributed by atoms with Crippen LogP contribution in [-0.4, -0.2) is 32.3 Å². The van der Waals surface area contributed by atoms with Crippen LogP contribution < -0.4 is 5.14 Å². The number of nitrogens with two attached hydrogens (primary N) is 1. The van der Waals surface area contributed by atoms with Crippen molar-refractivity contribution in [3.8, 4) is 0 Å². The first-order chi connectivity index (χ1) is 9.29. The Hall–Kier alpha value is -1.66. The molecular formula is C14H18N2O3S. The van der Waals surface area contributed by atoms with E-state index >= 15 is 0 Å². The Kier molecular flexibility index (Phi) is 3.96. The van der Waals surface area contributed by atoms with Gasteiger partial charge in [0.2, 0.25) is 10.0 Å². The second-order valence-corrected chi connectivity index (χ2v) is 6.65. The van der Waals surface area contributed by atoms with Crippen molar-refractivity contribution in [2.24, 2.45) is 5.14 Å². The van der Waals surface area contributed by atoms with Crippen molar-refractivity contribution in [3.63, 3.8) is 0 Å². The molecule has 6 heteroatoms. The first kappa shape index (κ1) is 14.7. The van der Waals surface area contributed by atoms with Crippen LogP contribution >= 0.6 is 0 Å². The Morgan fingerprint density at radius 1 is 1.30 bits per heavy atom. The number of carbonyl (C=O) groups excluding carboxylic acids is 1. The lowest BCUT2D eigenvalue weighted by molar-refractivity contribution is 0.0765. The average Bonchev–Trinajstić information content (AvgIpc) is 2.36. The zero-order chi connectivity index (χ0) is 14.9. The van der Waals surface area contributed by atoms with E-state index in [9.17, 15) is 13.2 Å². The van der Waals surface area contributed by atoms with Crippen LogP contribution in [0.2, 0.25) is 0 Å². The quantitative estimate of drug-likeness (QED) is 0.838. The van der Waals surface area contributed by atoms with Gasteiger partial charge in [0.15, 0.2) is 0 Å². The summed E-state index contributed by atoms with van der Waals surface area (Å²) in [5, 5.41) is 5.08. The van der Waals surface area contributed by atoms with Crippen LogP contribution in [0.4, 0.5) is 0 Å². The summed E-state index contributed by atoms with van der Waals surface area (Å²) in [7, 11) is -3.74. The number of benzene rings is 1. The van der Waals surface area contributed by atoms with Crippen LogP contribution in [0.3, 0.4) is 0 Å². The van der Waals surface area contributed by atoms with Gasteiger partial charge in [0.05, 0.1) is 4.90 Å². The molecule has 0 aliphatic carbocycles. The van der Waals surface area contributed by atoms with Gasteiger partial charge in [-0.2, -0.15) is 0 Å². The predicted octanol–water partition coefficient (Wildman–Crippen LogP) is 1.43. The van der Waals surface area contributed by atoms with Gasteiger partial charge in [-0.15, -0.1) is 0 Å². The first-order valence-electron chi connectivity index (χ1n) is 6.37. The summed E-state index contributed by atoms with van der Waals surface area (Å²) >= 11 is 0. The molecule has 1 aliphatic rings. The van der Waals surface area contributed by atoms with E-state index in [1.807, 2.05) is 6.92 Å². The highest BCUT2D eigenvalue weighted by Gasteiger charge is 2.20. The molecule has 0 bridgehead atoms. The van der Waals surface area contributed by atoms with Gasteiger partial charge in [-0.1, -0.05) is 11.6 Å². The number of nitrogens with zero attached hydrogens (tertiary/aromatic N) is 1. The molecule has 0 radical (unpaired) electrons. The summed E-state index contributed by atoms with van der Waals surface area (Å²) in [6.07, 6.45) is 2.98. The van der Waals surface area contributed by atoms with Gasteiger partial charge in [-0.3, -0.25) is 4.79 Å². The minimum atomic E-state index is -3.74. The lowest BCUT2D eigenvalue weighted by Crippen LogP contribution is -2.35. The number of carbonyl (C=O) groups is 1. The maximum absolute atomic E-state index is 12.4. The molecule has 0 fully saturated rings. The molecular weight excluding hydrogens is 276 g/mol. The Balaban J connectivity index is 2.30. The third-order valence-electron chi connectivity index (χ3n) is 3.38. The number of primary sulfonamides is 1. The zero-order valence-electron chi connectivity index (χ0n) is 11.6. The number of hydrogen-bond acceptors (Lipinski definition) is 3. The molecule has 1 heterocycles. The molecule has 2 rings (SSSR count). The van der Waals surface area contributed by atoms with E-state index < -0.39 is 10.0 Å². The predicted molar refractivity (Wildman–Crippen MR) is 76.8 cm³/mol. The Morgan fingerprint density at radius 2 is 2.00 bits per heavy atom. The Labute approximate surface area is 119 Å². The van der Waals surface area contributed by atoms with Crippen LogP contribution in [0.1, 0.15) is 29.3 Å². The van der Waals surface area contributed by atoms with Crippen molar-refractivity contribution in [3.05, 3.63) is 41.0 Å². The number of sulfonamides is 1. The van der Waals surface area contributed by atoms with Gasteiger partial charge < -0.3 is 4.90 Å². The van der Waals surface area contributed by atoms with Gasteiger partial charge in [0.1, 0.15) is 0 Å². The summed E-state index contributed by atoms with van der Waals surface area (Å²) in [6, 6.07) is 4.35. The highest BCUT2D eigenvalue weighted by atomic mass is 32.2. The SMILES string of the molecule is CC1=CCCN(C(=O)c2ccc(S(N)(=O)=O)cc2C)C1. The molecule has 2 N–H and O–H groups in total. The van der Waals surface area contributed by atoms with Crippen molar-refractivity contribution >= 4 is 15.9 Å². The Bertz CT molecular complexity index is 678. The minimum absolute atomic E-state index is 0.0290. The van der Waals surface area contributed by atoms with Crippen molar-refractivity contribution in [2.75, 3.05) is 13.1 Å². The van der Waals surface area contributed by atoms with Gasteiger partial charge >= 0.3 is 0 Å². The molecule has 0 aromatic heterocycles. The largest absolute Gasteiger partial charge is 0.334 e. The average molecular weight is 294 g/mol. The number of hydrogen-bond donors (Lipinski definition) is 1. The third-order valence-corrected chi connectivity index (χ3v) is 4.29. The highest BCUT2D eigenvalue weighted by Crippen LogP contribution is 2.18. The molecule has 1 aromatic carbocycles. The van der Waals surface area contributed by atoms with Crippen molar-refractivity contribution < 1.29 is 13.2 Å². The van der Waals surface area contributed by atoms with Crippen LogP contribution in [0.15, 0.2) is 34.7 Å². The number of aryl methyl sites for hydroxylation is 1. The monoisotopic (exact) mass is 294 g/mol. The molecule has 1 aliphatic heterocycles. The van der Waals surface area contributed by atoms with E-state index in [2.05, 4.69) is 6.08 Å². The van der Waals surface area contributed by atoms with E-state index in [-0.39, 0.29) is 10.8 Å². The smallest absolute Gasteiger partial charge is 0.254 e. The number of amides is 1. The molecule has 0 spiro atoms. The molecule has 0 saturated heterocycles. The highest BCUT2D eigenvalue weighted by molar-refractivity contribution is 7.89. The third kappa shape index (κ3) is 3.08. The van der Waals surface area contributed by atoms with Crippen LogP contribution in [0.5, 0.6) is 0 Å². The second-order valence-electron chi connectivity index (χ2n) is 5.09. The zero-order valence-corrected chi connectivity index (χ0v) is 12.4. The molecule has 0 saturated carbocycles. The second kappa shape index (κ2) is 5.38. The van der Waals surface area contributed by atoms with E-state index in [0.717, 1.165) is 6.42 Å². The fraction of sp³-hybridized carbons (Fsp3) is 0.357. The minimum Gasteiger partial charge on any atom is -0.334 e. The summed E-state index contributed by atoms with van der Waals surface area (Å²) in [5.74, 6) is -0.0732. The van der Waals surface area contributed by atoms with Crippen LogP contribution in [-0.2, 0) is 10.0 Å². The van der Waals surface area contributed by atoms with E-state index in [1.54, 1.807) is 11.8 Å². The number of rotatable bonds is 2. The van der Waals surface area contributed by atoms with Crippen molar-refractivity contribution in [1.82, 2.24) is 4.90 Å². The van der Waals surface area contributed by atoms with Gasteiger partial charge in [0.25, 0.3) is 5.91 Å². The summed E-state index contributed by atoms with van der Waals surface area (Å²) < 4.78 is 22.6. The molecule has 20 heavy (non-hydrogen) atoms. The summed E-state index contributed by atoms with van der Waals surface area (Å²) in [5.41, 5.74) is 2.31. The molecule has 108 valence electrons. The maximum Gasteiger partial charge on any atom is 0.254 e. The molecule has 0 atom stereocenters.